The van der Waals surface area contributed by atoms with E-state index in [4.69, 9.17) is 4.42 Å². The molecule has 3 rings (SSSR count). The van der Waals surface area contributed by atoms with E-state index < -0.39 is 0 Å². The highest BCUT2D eigenvalue weighted by Crippen LogP contribution is 2.21. The van der Waals surface area contributed by atoms with Crippen LogP contribution >= 0.6 is 0 Å². The molecule has 22 heavy (non-hydrogen) atoms. The van der Waals surface area contributed by atoms with Gasteiger partial charge in [0.2, 0.25) is 0 Å². The van der Waals surface area contributed by atoms with Gasteiger partial charge < -0.3 is 14.6 Å². The molecular formula is C16H22N4O2. The van der Waals surface area contributed by atoms with Gasteiger partial charge >= 0.3 is 0 Å². The average molecular weight is 302 g/mol. The van der Waals surface area contributed by atoms with Gasteiger partial charge in [0.25, 0.3) is 5.91 Å². The first kappa shape index (κ1) is 14.8. The van der Waals surface area contributed by atoms with E-state index in [-0.39, 0.29) is 11.9 Å². The first-order chi connectivity index (χ1) is 10.7. The molecule has 1 aliphatic heterocycles. The minimum Gasteiger partial charge on any atom is -0.467 e. The van der Waals surface area contributed by atoms with Crippen LogP contribution in [0.3, 0.4) is 0 Å². The molecule has 0 aliphatic carbocycles. The second-order valence-corrected chi connectivity index (χ2v) is 5.79. The van der Waals surface area contributed by atoms with E-state index in [2.05, 4.69) is 10.4 Å². The zero-order valence-corrected chi connectivity index (χ0v) is 13.0. The summed E-state index contributed by atoms with van der Waals surface area (Å²) in [5.74, 6) is 0.679. The van der Waals surface area contributed by atoms with Crippen LogP contribution in [0.25, 0.3) is 0 Å². The summed E-state index contributed by atoms with van der Waals surface area (Å²) < 4.78 is 7.28. The molecule has 3 heterocycles. The van der Waals surface area contributed by atoms with Crippen LogP contribution < -0.4 is 5.32 Å². The van der Waals surface area contributed by atoms with Crippen molar-refractivity contribution in [1.29, 1.82) is 0 Å². The highest BCUT2D eigenvalue weighted by molar-refractivity contribution is 5.92. The number of carbonyl (C=O) groups is 1. The molecular weight excluding hydrogens is 280 g/mol. The van der Waals surface area contributed by atoms with Crippen molar-refractivity contribution in [2.24, 2.45) is 0 Å². The normalized spacial score (nSPS) is 19.8. The molecule has 0 spiro atoms. The minimum atomic E-state index is -0.121. The third-order valence-corrected chi connectivity index (χ3v) is 4.33. The zero-order chi connectivity index (χ0) is 15.5. The maximum atomic E-state index is 12.6. The van der Waals surface area contributed by atoms with Crippen molar-refractivity contribution < 1.29 is 9.21 Å². The summed E-state index contributed by atoms with van der Waals surface area (Å²) in [4.78, 5) is 14.2. The summed E-state index contributed by atoms with van der Waals surface area (Å²) in [5.41, 5.74) is 0.478. The predicted molar refractivity (Wildman–Crippen MR) is 82.6 cm³/mol. The number of amides is 1. The van der Waals surface area contributed by atoms with Gasteiger partial charge in [0.15, 0.2) is 0 Å². The molecule has 1 N–H and O–H groups in total. The van der Waals surface area contributed by atoms with Gasteiger partial charge in [-0.2, -0.15) is 5.10 Å². The van der Waals surface area contributed by atoms with Gasteiger partial charge in [-0.15, -0.1) is 0 Å². The van der Waals surface area contributed by atoms with E-state index in [1.165, 1.54) is 0 Å². The monoisotopic (exact) mass is 302 g/mol. The first-order valence-electron chi connectivity index (χ1n) is 7.73. The summed E-state index contributed by atoms with van der Waals surface area (Å²) >= 11 is 0. The Labute approximate surface area is 130 Å². The molecule has 2 aromatic heterocycles. The van der Waals surface area contributed by atoms with Crippen molar-refractivity contribution in [3.05, 3.63) is 42.1 Å². The Kier molecular flexibility index (Phi) is 4.29. The lowest BCUT2D eigenvalue weighted by Gasteiger charge is -2.24. The molecule has 0 saturated carbocycles. The molecule has 6 nitrogen and oxygen atoms in total. The van der Waals surface area contributed by atoms with E-state index in [0.29, 0.717) is 11.7 Å². The van der Waals surface area contributed by atoms with Gasteiger partial charge in [-0.3, -0.25) is 9.48 Å². The molecule has 0 bridgehead atoms. The van der Waals surface area contributed by atoms with Crippen LogP contribution in [0.15, 0.2) is 35.1 Å². The Balaban J connectivity index is 1.70. The zero-order valence-electron chi connectivity index (χ0n) is 13.0. The summed E-state index contributed by atoms with van der Waals surface area (Å²) in [6.07, 6.45) is 5.76. The molecule has 2 aromatic rings. The number of rotatable bonds is 4. The van der Waals surface area contributed by atoms with E-state index >= 15 is 0 Å². The summed E-state index contributed by atoms with van der Waals surface area (Å²) in [5, 5.41) is 7.84. The quantitative estimate of drug-likeness (QED) is 0.940. The second kappa shape index (κ2) is 6.36. The lowest BCUT2D eigenvalue weighted by atomic mass is 10.1. The van der Waals surface area contributed by atoms with Crippen LogP contribution in [0.5, 0.6) is 0 Å². The predicted octanol–water partition coefficient (Wildman–Crippen LogP) is 2.23. The van der Waals surface area contributed by atoms with Gasteiger partial charge in [-0.1, -0.05) is 0 Å². The lowest BCUT2D eigenvalue weighted by Crippen LogP contribution is -2.32. The van der Waals surface area contributed by atoms with Gasteiger partial charge in [0.05, 0.1) is 18.3 Å². The Morgan fingerprint density at radius 3 is 3.09 bits per heavy atom. The van der Waals surface area contributed by atoms with E-state index in [9.17, 15) is 4.79 Å². The number of carbonyl (C=O) groups excluding carboxylic acids is 1. The Hall–Kier alpha value is -2.08. The van der Waals surface area contributed by atoms with Crippen LogP contribution in [-0.4, -0.2) is 40.7 Å². The number of nitrogens with one attached hydrogen (secondary N) is 1. The summed E-state index contributed by atoms with van der Waals surface area (Å²) in [7, 11) is 1.77. The summed E-state index contributed by atoms with van der Waals surface area (Å²) in [6.45, 7) is 3.92. The number of nitrogens with zero attached hydrogens (tertiary/aromatic N) is 3. The second-order valence-electron chi connectivity index (χ2n) is 5.79. The van der Waals surface area contributed by atoms with E-state index in [1.54, 1.807) is 24.3 Å². The first-order valence-corrected chi connectivity index (χ1v) is 7.73. The van der Waals surface area contributed by atoms with Crippen molar-refractivity contribution in [1.82, 2.24) is 20.0 Å². The van der Waals surface area contributed by atoms with Gasteiger partial charge in [0.1, 0.15) is 11.5 Å². The molecule has 0 aromatic carbocycles. The standard InChI is InChI=1S/C16H22N4O2/c1-12(15-6-4-10-22-15)19(2)16(21)14-7-9-20(18-14)13-5-3-8-17-11-13/h4,6-7,9-10,12-13,17H,3,5,8,11H2,1-2H3. The molecule has 0 radical (unpaired) electrons. The molecule has 1 amide bonds. The molecule has 1 fully saturated rings. The fraction of sp³-hybridized carbons (Fsp3) is 0.500. The number of hydrogen-bond acceptors (Lipinski definition) is 4. The van der Waals surface area contributed by atoms with Gasteiger partial charge in [0, 0.05) is 19.8 Å². The lowest BCUT2D eigenvalue weighted by molar-refractivity contribution is 0.0718. The number of aromatic nitrogens is 2. The van der Waals surface area contributed by atoms with Crippen molar-refractivity contribution in [2.45, 2.75) is 31.8 Å². The smallest absolute Gasteiger partial charge is 0.274 e. The number of furan rings is 1. The van der Waals surface area contributed by atoms with Crippen LogP contribution in [0.2, 0.25) is 0 Å². The highest BCUT2D eigenvalue weighted by Gasteiger charge is 2.24. The van der Waals surface area contributed by atoms with Gasteiger partial charge in [-0.25, -0.2) is 0 Å². The van der Waals surface area contributed by atoms with Crippen LogP contribution in [0.4, 0.5) is 0 Å². The average Bonchev–Trinajstić information content (AvgIpc) is 3.25. The number of piperidine rings is 1. The van der Waals surface area contributed by atoms with Crippen LogP contribution in [0, 0.1) is 0 Å². The fourth-order valence-electron chi connectivity index (χ4n) is 2.79. The Morgan fingerprint density at radius 1 is 1.55 bits per heavy atom. The Morgan fingerprint density at radius 2 is 2.41 bits per heavy atom. The topological polar surface area (TPSA) is 63.3 Å². The molecule has 118 valence electrons. The molecule has 6 heteroatoms. The highest BCUT2D eigenvalue weighted by atomic mass is 16.3. The number of hydrogen-bond donors (Lipinski definition) is 1. The van der Waals surface area contributed by atoms with Gasteiger partial charge in [-0.05, 0) is 44.5 Å². The molecule has 2 atom stereocenters. The van der Waals surface area contributed by atoms with E-state index in [0.717, 1.165) is 31.7 Å². The maximum absolute atomic E-state index is 12.6. The third-order valence-electron chi connectivity index (χ3n) is 4.33. The SMILES string of the molecule is CC(c1ccco1)N(C)C(=O)c1ccn(C2CCCNC2)n1. The molecule has 2 unspecified atom stereocenters. The van der Waals surface area contributed by atoms with Crippen molar-refractivity contribution in [3.8, 4) is 0 Å². The van der Waals surface area contributed by atoms with Crippen LogP contribution in [0.1, 0.15) is 48.1 Å². The molecule has 1 saturated heterocycles. The fourth-order valence-corrected chi connectivity index (χ4v) is 2.79. The van der Waals surface area contributed by atoms with E-state index in [1.807, 2.05) is 29.9 Å². The van der Waals surface area contributed by atoms with Crippen LogP contribution in [-0.2, 0) is 0 Å². The summed E-state index contributed by atoms with van der Waals surface area (Å²) in [6, 6.07) is 5.71. The van der Waals surface area contributed by atoms with Crippen molar-refractivity contribution in [2.75, 3.05) is 20.1 Å². The minimum absolute atomic E-state index is 0.0913. The third kappa shape index (κ3) is 2.92. The largest absolute Gasteiger partial charge is 0.467 e. The van der Waals surface area contributed by atoms with Crippen molar-refractivity contribution >= 4 is 5.91 Å². The Bertz CT molecular complexity index is 614. The molecule has 1 aliphatic rings. The van der Waals surface area contributed by atoms with Crippen molar-refractivity contribution in [3.63, 3.8) is 0 Å². The maximum Gasteiger partial charge on any atom is 0.274 e.